The Labute approximate surface area is 163 Å². The van der Waals surface area contributed by atoms with Gasteiger partial charge in [0.15, 0.2) is 0 Å². The minimum absolute atomic E-state index is 0.0854. The van der Waals surface area contributed by atoms with E-state index in [4.69, 9.17) is 10.5 Å². The maximum Gasteiger partial charge on any atom is 0.337 e. The fourth-order valence-electron chi connectivity index (χ4n) is 3.37. The zero-order valence-corrected chi connectivity index (χ0v) is 16.1. The zero-order chi connectivity index (χ0) is 20.5. The summed E-state index contributed by atoms with van der Waals surface area (Å²) in [6, 6.07) is 15.4. The average molecular weight is 403 g/mol. The highest BCUT2D eigenvalue weighted by Crippen LogP contribution is 2.44. The first-order chi connectivity index (χ1) is 13.1. The zero-order valence-electron chi connectivity index (χ0n) is 15.3. The number of nitrogens with two attached hydrogens (primary N) is 1. The van der Waals surface area contributed by atoms with Crippen LogP contribution < -0.4 is 5.73 Å². The molecule has 7 nitrogen and oxygen atoms in total. The van der Waals surface area contributed by atoms with Crippen LogP contribution in [0.4, 0.5) is 0 Å². The minimum Gasteiger partial charge on any atom is -0.479 e. The van der Waals surface area contributed by atoms with Crippen LogP contribution in [0.25, 0.3) is 11.1 Å². The number of benzene rings is 2. The van der Waals surface area contributed by atoms with Gasteiger partial charge < -0.3 is 15.6 Å². The van der Waals surface area contributed by atoms with E-state index in [-0.39, 0.29) is 12.5 Å². The first-order valence-corrected chi connectivity index (χ1v) is 10.7. The topological polar surface area (TPSA) is 124 Å². The molecule has 8 heteroatoms. The van der Waals surface area contributed by atoms with E-state index in [2.05, 4.69) is 0 Å². The molecule has 0 aromatic heterocycles. The van der Waals surface area contributed by atoms with Crippen molar-refractivity contribution in [1.82, 2.24) is 0 Å². The molecule has 0 spiro atoms. The molecular weight excluding hydrogens is 382 g/mol. The van der Waals surface area contributed by atoms with E-state index in [1.165, 1.54) is 0 Å². The molecule has 3 rings (SSSR count). The molecule has 28 heavy (non-hydrogen) atoms. The average Bonchev–Trinajstić information content (AvgIpc) is 2.97. The molecule has 0 fully saturated rings. The van der Waals surface area contributed by atoms with Crippen LogP contribution in [0.2, 0.25) is 0 Å². The molecule has 3 N–H and O–H groups in total. The van der Waals surface area contributed by atoms with E-state index in [0.29, 0.717) is 0 Å². The number of carbonyl (C=O) groups excluding carboxylic acids is 1. The number of hydrogen-bond acceptors (Lipinski definition) is 6. The Balaban J connectivity index is 1.81. The van der Waals surface area contributed by atoms with Crippen molar-refractivity contribution >= 4 is 21.8 Å². The van der Waals surface area contributed by atoms with Crippen molar-refractivity contribution in [2.75, 3.05) is 18.6 Å². The number of aliphatic carboxylic acids is 1. The van der Waals surface area contributed by atoms with Crippen molar-refractivity contribution in [1.29, 1.82) is 0 Å². The fraction of sp³-hybridized carbons (Fsp3) is 0.300. The molecule has 0 unspecified atom stereocenters. The Morgan fingerprint density at radius 1 is 1.07 bits per heavy atom. The highest BCUT2D eigenvalue weighted by molar-refractivity contribution is 7.90. The second-order valence-corrected chi connectivity index (χ2v) is 9.24. The number of carboxylic acids is 1. The molecule has 0 radical (unpaired) electrons. The summed E-state index contributed by atoms with van der Waals surface area (Å²) in [6.45, 7) is -0.0854. The van der Waals surface area contributed by atoms with Gasteiger partial charge in [-0.1, -0.05) is 48.5 Å². The van der Waals surface area contributed by atoms with Crippen LogP contribution in [0.3, 0.4) is 0 Å². The molecule has 0 saturated carbocycles. The molecule has 1 atom stereocenters. The molecule has 2 aromatic rings. The van der Waals surface area contributed by atoms with Crippen molar-refractivity contribution in [3.63, 3.8) is 0 Å². The number of sulfone groups is 1. The minimum atomic E-state index is -3.49. The summed E-state index contributed by atoms with van der Waals surface area (Å²) in [4.78, 5) is 24.0. The van der Waals surface area contributed by atoms with Gasteiger partial charge in [0.25, 0.3) is 0 Å². The quantitative estimate of drug-likeness (QED) is 0.531. The maximum absolute atomic E-state index is 12.5. The van der Waals surface area contributed by atoms with Crippen molar-refractivity contribution in [2.45, 2.75) is 17.9 Å². The molecule has 0 bridgehead atoms. The number of fused-ring (bicyclic) bond motifs is 3. The molecule has 1 aliphatic rings. The van der Waals surface area contributed by atoms with Crippen molar-refractivity contribution in [3.05, 3.63) is 59.7 Å². The van der Waals surface area contributed by atoms with E-state index in [9.17, 15) is 23.1 Å². The lowest BCUT2D eigenvalue weighted by atomic mass is 9.96. The predicted molar refractivity (Wildman–Crippen MR) is 104 cm³/mol. The van der Waals surface area contributed by atoms with Gasteiger partial charge in [0, 0.05) is 18.6 Å². The van der Waals surface area contributed by atoms with Gasteiger partial charge in [-0.2, -0.15) is 0 Å². The van der Waals surface area contributed by atoms with E-state index >= 15 is 0 Å². The monoisotopic (exact) mass is 403 g/mol. The fourth-order valence-corrected chi connectivity index (χ4v) is 4.06. The summed E-state index contributed by atoms with van der Waals surface area (Å²) in [6.07, 6.45) is 0.394. The second-order valence-electron chi connectivity index (χ2n) is 6.98. The number of esters is 1. The first-order valence-electron chi connectivity index (χ1n) is 8.69. The Hall–Kier alpha value is -2.71. The molecule has 1 aliphatic carbocycles. The standard InChI is InChI=1S/C20H21NO6S/c1-28(25,26)11-10-20(21,18(22)23)19(24)27-12-17-15-8-4-2-6-13(15)14-7-3-5-9-16(14)17/h2-9,17H,10-12,21H2,1H3,(H,22,23)/t20-/m0/s1. The Kier molecular flexibility index (Phi) is 5.27. The summed E-state index contributed by atoms with van der Waals surface area (Å²) in [7, 11) is -3.49. The molecular formula is C20H21NO6S. The molecule has 0 saturated heterocycles. The van der Waals surface area contributed by atoms with Gasteiger partial charge in [0.1, 0.15) is 16.4 Å². The van der Waals surface area contributed by atoms with Gasteiger partial charge in [-0.05, 0) is 22.3 Å². The summed E-state index contributed by atoms with van der Waals surface area (Å²) in [5, 5.41) is 9.39. The third kappa shape index (κ3) is 3.79. The smallest absolute Gasteiger partial charge is 0.337 e. The Morgan fingerprint density at radius 2 is 1.57 bits per heavy atom. The van der Waals surface area contributed by atoms with Gasteiger partial charge in [0.05, 0.1) is 5.75 Å². The molecule has 2 aromatic carbocycles. The summed E-state index contributed by atoms with van der Waals surface area (Å²) in [5.74, 6) is -3.54. The van der Waals surface area contributed by atoms with Crippen molar-refractivity contribution in [2.24, 2.45) is 5.73 Å². The van der Waals surface area contributed by atoms with Gasteiger partial charge in [-0.25, -0.2) is 18.0 Å². The van der Waals surface area contributed by atoms with E-state index in [0.717, 1.165) is 28.5 Å². The lowest BCUT2D eigenvalue weighted by Gasteiger charge is -2.23. The Morgan fingerprint density at radius 3 is 2.04 bits per heavy atom. The molecule has 0 heterocycles. The van der Waals surface area contributed by atoms with Crippen LogP contribution in [-0.4, -0.2) is 49.6 Å². The van der Waals surface area contributed by atoms with Crippen LogP contribution >= 0.6 is 0 Å². The number of carbonyl (C=O) groups is 2. The number of hydrogen-bond donors (Lipinski definition) is 2. The lowest BCUT2D eigenvalue weighted by molar-refractivity contribution is -0.161. The summed E-state index contributed by atoms with van der Waals surface area (Å²) in [5.41, 5.74) is 7.34. The van der Waals surface area contributed by atoms with Crippen LogP contribution in [0, 0.1) is 0 Å². The van der Waals surface area contributed by atoms with E-state index in [1.54, 1.807) is 0 Å². The van der Waals surface area contributed by atoms with E-state index < -0.39 is 39.5 Å². The maximum atomic E-state index is 12.5. The normalized spacial score (nSPS) is 15.4. The molecule has 0 aliphatic heterocycles. The van der Waals surface area contributed by atoms with Crippen LogP contribution in [0.15, 0.2) is 48.5 Å². The number of carboxylic acid groups (broad SMARTS) is 1. The van der Waals surface area contributed by atoms with Gasteiger partial charge in [-0.3, -0.25) is 0 Å². The van der Waals surface area contributed by atoms with Gasteiger partial charge in [0.2, 0.25) is 5.54 Å². The Bertz CT molecular complexity index is 987. The number of rotatable bonds is 7. The van der Waals surface area contributed by atoms with Crippen LogP contribution in [0.5, 0.6) is 0 Å². The molecule has 148 valence electrons. The SMILES string of the molecule is CS(=O)(=O)CC[C@](N)(C(=O)O)C(=O)OCC1c2ccccc2-c2ccccc21. The lowest BCUT2D eigenvalue weighted by Crippen LogP contribution is -2.56. The van der Waals surface area contributed by atoms with Gasteiger partial charge in [-0.15, -0.1) is 0 Å². The third-order valence-electron chi connectivity index (χ3n) is 4.96. The highest BCUT2D eigenvalue weighted by Gasteiger charge is 2.45. The highest BCUT2D eigenvalue weighted by atomic mass is 32.2. The van der Waals surface area contributed by atoms with Crippen LogP contribution in [-0.2, 0) is 24.2 Å². The van der Waals surface area contributed by atoms with Crippen LogP contribution in [0.1, 0.15) is 23.5 Å². The number of ether oxygens (including phenoxy) is 1. The predicted octanol–water partition coefficient (Wildman–Crippen LogP) is 1.56. The third-order valence-corrected chi connectivity index (χ3v) is 5.90. The van der Waals surface area contributed by atoms with Crippen molar-refractivity contribution < 1.29 is 27.9 Å². The van der Waals surface area contributed by atoms with Crippen molar-refractivity contribution in [3.8, 4) is 11.1 Å². The second kappa shape index (κ2) is 7.37. The van der Waals surface area contributed by atoms with E-state index in [1.807, 2.05) is 48.5 Å². The summed E-state index contributed by atoms with van der Waals surface area (Å²) >= 11 is 0. The molecule has 0 amide bonds. The first kappa shape index (κ1) is 20.0. The largest absolute Gasteiger partial charge is 0.479 e. The summed E-state index contributed by atoms with van der Waals surface area (Å²) < 4.78 is 28.0. The van der Waals surface area contributed by atoms with Gasteiger partial charge >= 0.3 is 11.9 Å².